The lowest BCUT2D eigenvalue weighted by molar-refractivity contribution is 0.153. The van der Waals surface area contributed by atoms with E-state index < -0.39 is 11.6 Å². The Morgan fingerprint density at radius 1 is 0.839 bits per heavy atom. The Balaban J connectivity index is 1.47. The van der Waals surface area contributed by atoms with Crippen molar-refractivity contribution in [2.75, 3.05) is 6.61 Å². The van der Waals surface area contributed by atoms with Gasteiger partial charge in [-0.2, -0.15) is 4.39 Å². The molecule has 0 heterocycles. The molecule has 0 amide bonds. The summed E-state index contributed by atoms with van der Waals surface area (Å²) >= 11 is 0. The van der Waals surface area contributed by atoms with Crippen molar-refractivity contribution in [2.24, 2.45) is 23.7 Å². The lowest BCUT2D eigenvalue weighted by atomic mass is 9.69. The molecule has 2 aliphatic carbocycles. The summed E-state index contributed by atoms with van der Waals surface area (Å²) in [5, 5.41) is 0. The third-order valence-corrected chi connectivity index (χ3v) is 7.51. The summed E-state index contributed by atoms with van der Waals surface area (Å²) in [5.41, 5.74) is 0.146. The van der Waals surface area contributed by atoms with Gasteiger partial charge in [-0.15, -0.1) is 0 Å². The van der Waals surface area contributed by atoms with E-state index in [1.54, 1.807) is 6.07 Å². The number of ether oxygens (including phenoxy) is 1. The van der Waals surface area contributed by atoms with Crippen LogP contribution >= 0.6 is 0 Å². The first-order valence-corrected chi connectivity index (χ1v) is 12.7. The van der Waals surface area contributed by atoms with E-state index in [0.29, 0.717) is 12.5 Å². The first-order chi connectivity index (χ1) is 15.1. The van der Waals surface area contributed by atoms with Gasteiger partial charge in [0, 0.05) is 5.92 Å². The second-order valence-electron chi connectivity index (χ2n) is 9.75. The third kappa shape index (κ3) is 6.96. The van der Waals surface area contributed by atoms with Crippen molar-refractivity contribution in [3.05, 3.63) is 29.3 Å². The molecule has 0 unspecified atom stereocenters. The summed E-state index contributed by atoms with van der Waals surface area (Å²) in [7, 11) is 0. The Kier molecular flexibility index (Phi) is 9.69. The number of benzene rings is 1. The van der Waals surface area contributed by atoms with Crippen molar-refractivity contribution < 1.29 is 13.5 Å². The second kappa shape index (κ2) is 12.5. The summed E-state index contributed by atoms with van der Waals surface area (Å²) in [6.45, 7) is 4.73. The molecule has 1 aromatic carbocycles. The fourth-order valence-corrected chi connectivity index (χ4v) is 5.42. The largest absolute Gasteiger partial charge is 0.490 e. The number of hydrogen-bond donors (Lipinski definition) is 0. The zero-order chi connectivity index (χ0) is 22.1. The molecule has 0 radical (unpaired) electrons. The highest BCUT2D eigenvalue weighted by Crippen LogP contribution is 2.42. The fraction of sp³-hybridized carbons (Fsp3) is 0.714. The lowest BCUT2D eigenvalue weighted by Gasteiger charge is -2.37. The molecular formula is C28H40F2O. The highest BCUT2D eigenvalue weighted by molar-refractivity contribution is 5.41. The van der Waals surface area contributed by atoms with E-state index >= 15 is 0 Å². The molecule has 0 aromatic heterocycles. The molecule has 0 spiro atoms. The van der Waals surface area contributed by atoms with E-state index in [9.17, 15) is 8.78 Å². The monoisotopic (exact) mass is 430 g/mol. The minimum atomic E-state index is -0.916. The first-order valence-electron chi connectivity index (χ1n) is 12.7. The van der Waals surface area contributed by atoms with Crippen LogP contribution in [0.5, 0.6) is 5.75 Å². The van der Waals surface area contributed by atoms with E-state index in [1.807, 2.05) is 6.92 Å². The van der Waals surface area contributed by atoms with Gasteiger partial charge in [-0.3, -0.25) is 0 Å². The normalized spacial score (nSPS) is 26.2. The van der Waals surface area contributed by atoms with Crippen molar-refractivity contribution in [3.8, 4) is 17.6 Å². The van der Waals surface area contributed by atoms with Gasteiger partial charge >= 0.3 is 0 Å². The average molecular weight is 431 g/mol. The quantitative estimate of drug-likeness (QED) is 0.298. The molecule has 0 atom stereocenters. The van der Waals surface area contributed by atoms with Crippen LogP contribution < -0.4 is 4.74 Å². The lowest BCUT2D eigenvalue weighted by Crippen LogP contribution is -2.25. The summed E-state index contributed by atoms with van der Waals surface area (Å²) in [5.74, 6) is 7.37. The fourth-order valence-electron chi connectivity index (χ4n) is 5.42. The maximum Gasteiger partial charge on any atom is 0.201 e. The summed E-state index contributed by atoms with van der Waals surface area (Å²) in [6.07, 6.45) is 16.2. The van der Waals surface area contributed by atoms with Crippen molar-refractivity contribution in [2.45, 2.75) is 97.3 Å². The van der Waals surface area contributed by atoms with Crippen LogP contribution in [0.2, 0.25) is 0 Å². The van der Waals surface area contributed by atoms with Crippen molar-refractivity contribution in [1.29, 1.82) is 0 Å². The van der Waals surface area contributed by atoms with Crippen LogP contribution in [0, 0.1) is 47.1 Å². The second-order valence-corrected chi connectivity index (χ2v) is 9.75. The Morgan fingerprint density at radius 2 is 1.48 bits per heavy atom. The first kappa shape index (κ1) is 24.1. The van der Waals surface area contributed by atoms with E-state index in [-0.39, 0.29) is 11.3 Å². The highest BCUT2D eigenvalue weighted by Gasteiger charge is 2.30. The SMILES string of the molecule is CCCCOc1ccc(C#CC2CCC(C3CCC(CCCC)CC3)CC2)c(F)c1F. The Labute approximate surface area is 188 Å². The summed E-state index contributed by atoms with van der Waals surface area (Å²) < 4.78 is 34.0. The van der Waals surface area contributed by atoms with E-state index in [4.69, 9.17) is 4.74 Å². The van der Waals surface area contributed by atoms with Crippen LogP contribution in [0.25, 0.3) is 0 Å². The van der Waals surface area contributed by atoms with E-state index in [1.165, 1.54) is 63.9 Å². The molecule has 2 fully saturated rings. The molecular weight excluding hydrogens is 390 g/mol. The van der Waals surface area contributed by atoms with Gasteiger partial charge in [0.1, 0.15) is 0 Å². The maximum absolute atomic E-state index is 14.4. The topological polar surface area (TPSA) is 9.23 Å². The van der Waals surface area contributed by atoms with Crippen LogP contribution in [0.3, 0.4) is 0 Å². The van der Waals surface area contributed by atoms with Crippen LogP contribution in [0.15, 0.2) is 12.1 Å². The number of halogens is 2. The van der Waals surface area contributed by atoms with Gasteiger partial charge in [-0.1, -0.05) is 64.2 Å². The molecule has 31 heavy (non-hydrogen) atoms. The minimum Gasteiger partial charge on any atom is -0.490 e. The molecule has 1 nitrogen and oxygen atoms in total. The Bertz CT molecular complexity index is 731. The van der Waals surface area contributed by atoms with Gasteiger partial charge in [0.15, 0.2) is 11.6 Å². The smallest absolute Gasteiger partial charge is 0.201 e. The number of hydrogen-bond acceptors (Lipinski definition) is 1. The van der Waals surface area contributed by atoms with E-state index in [0.717, 1.165) is 43.4 Å². The van der Waals surface area contributed by atoms with Gasteiger partial charge in [0.05, 0.1) is 12.2 Å². The molecule has 2 saturated carbocycles. The van der Waals surface area contributed by atoms with Crippen molar-refractivity contribution in [1.82, 2.24) is 0 Å². The van der Waals surface area contributed by atoms with Gasteiger partial charge in [0.25, 0.3) is 0 Å². The molecule has 2 aliphatic rings. The van der Waals surface area contributed by atoms with Gasteiger partial charge < -0.3 is 4.74 Å². The molecule has 1 aromatic rings. The standard InChI is InChI=1S/C28H40F2O/c1-3-5-7-21-8-13-23(14-9-21)24-15-10-22(11-16-24)12-17-25-18-19-26(28(30)27(25)29)31-20-6-4-2/h18-19,21-24H,3-11,13-16,20H2,1-2H3. The highest BCUT2D eigenvalue weighted by atomic mass is 19.2. The molecule has 0 N–H and O–H groups in total. The Morgan fingerprint density at radius 3 is 2.13 bits per heavy atom. The van der Waals surface area contributed by atoms with Crippen LogP contribution in [0.1, 0.15) is 103 Å². The molecule has 0 saturated heterocycles. The van der Waals surface area contributed by atoms with E-state index in [2.05, 4.69) is 18.8 Å². The predicted octanol–water partition coefficient (Wildman–Crippen LogP) is 8.30. The third-order valence-electron chi connectivity index (χ3n) is 7.51. The zero-order valence-electron chi connectivity index (χ0n) is 19.5. The minimum absolute atomic E-state index is 0.0126. The van der Waals surface area contributed by atoms with Crippen molar-refractivity contribution in [3.63, 3.8) is 0 Å². The molecule has 172 valence electrons. The zero-order valence-corrected chi connectivity index (χ0v) is 19.5. The van der Waals surface area contributed by atoms with Gasteiger partial charge in [-0.25, -0.2) is 4.39 Å². The number of rotatable bonds is 8. The molecule has 3 rings (SSSR count). The van der Waals surface area contributed by atoms with Gasteiger partial charge in [-0.05, 0) is 74.8 Å². The molecule has 0 aliphatic heterocycles. The average Bonchev–Trinajstić information content (AvgIpc) is 2.81. The van der Waals surface area contributed by atoms with Crippen LogP contribution in [0.4, 0.5) is 8.78 Å². The van der Waals surface area contributed by atoms with Crippen molar-refractivity contribution >= 4 is 0 Å². The summed E-state index contributed by atoms with van der Waals surface area (Å²) in [6, 6.07) is 3.06. The molecule has 3 heteroatoms. The maximum atomic E-state index is 14.4. The summed E-state index contributed by atoms with van der Waals surface area (Å²) in [4.78, 5) is 0. The molecule has 0 bridgehead atoms. The van der Waals surface area contributed by atoms with Crippen LogP contribution in [-0.2, 0) is 0 Å². The number of unbranched alkanes of at least 4 members (excludes halogenated alkanes) is 2. The Hall–Kier alpha value is -1.56. The van der Waals surface area contributed by atoms with Crippen LogP contribution in [-0.4, -0.2) is 6.61 Å². The predicted molar refractivity (Wildman–Crippen MR) is 124 cm³/mol. The van der Waals surface area contributed by atoms with Gasteiger partial charge in [0.2, 0.25) is 5.82 Å².